The van der Waals surface area contributed by atoms with Crippen LogP contribution in [-0.2, 0) is 11.2 Å². The summed E-state index contributed by atoms with van der Waals surface area (Å²) in [5.41, 5.74) is 0.581. The Balaban J connectivity index is 2.26. The second-order valence-electron chi connectivity index (χ2n) is 6.29. The van der Waals surface area contributed by atoms with E-state index in [9.17, 15) is 20.1 Å². The first-order chi connectivity index (χ1) is 13.2. The standard InChI is InChI=1S/C19H17Cl3O6/c1-3-5-7-13(20)8(23)6-9(24)17(7)28-18-12-11(10(4-2)27-19(12)26)14(21)16(25)15(18)22/h6,10,23-25H,3-5H2,1-2H3/t10-/m1/s1. The van der Waals surface area contributed by atoms with E-state index in [4.69, 9.17) is 44.3 Å². The second-order valence-corrected chi connectivity index (χ2v) is 7.42. The topological polar surface area (TPSA) is 96.2 Å². The molecule has 1 heterocycles. The zero-order valence-corrected chi connectivity index (χ0v) is 17.2. The van der Waals surface area contributed by atoms with Crippen LogP contribution >= 0.6 is 34.8 Å². The number of esters is 1. The first-order valence-electron chi connectivity index (χ1n) is 8.58. The summed E-state index contributed by atoms with van der Waals surface area (Å²) in [5, 5.41) is 30.2. The van der Waals surface area contributed by atoms with Crippen LogP contribution in [-0.4, -0.2) is 21.3 Å². The van der Waals surface area contributed by atoms with Crippen LogP contribution in [0.5, 0.6) is 28.7 Å². The number of cyclic esters (lactones) is 1. The van der Waals surface area contributed by atoms with Crippen molar-refractivity contribution in [1.29, 1.82) is 0 Å². The lowest BCUT2D eigenvalue weighted by Crippen LogP contribution is -2.02. The molecule has 1 atom stereocenters. The van der Waals surface area contributed by atoms with Crippen molar-refractivity contribution >= 4 is 40.8 Å². The number of benzene rings is 2. The van der Waals surface area contributed by atoms with Gasteiger partial charge in [-0.1, -0.05) is 55.1 Å². The molecule has 9 heteroatoms. The van der Waals surface area contributed by atoms with Gasteiger partial charge in [-0.25, -0.2) is 4.79 Å². The van der Waals surface area contributed by atoms with Gasteiger partial charge in [-0.05, 0) is 12.8 Å². The normalized spacial score (nSPS) is 15.5. The molecule has 0 aromatic heterocycles. The van der Waals surface area contributed by atoms with E-state index in [1.807, 2.05) is 6.92 Å². The van der Waals surface area contributed by atoms with Crippen LogP contribution in [0.2, 0.25) is 15.1 Å². The number of hydrogen-bond donors (Lipinski definition) is 3. The zero-order valence-electron chi connectivity index (χ0n) is 15.0. The first kappa shape index (κ1) is 20.7. The van der Waals surface area contributed by atoms with Gasteiger partial charge in [0.25, 0.3) is 0 Å². The minimum absolute atomic E-state index is 0.00890. The molecule has 28 heavy (non-hydrogen) atoms. The molecule has 150 valence electrons. The number of fused-ring (bicyclic) bond motifs is 1. The van der Waals surface area contributed by atoms with Gasteiger partial charge in [0, 0.05) is 17.2 Å². The summed E-state index contributed by atoms with van der Waals surface area (Å²) in [6.07, 6.45) is 0.775. The average Bonchev–Trinajstić information content (AvgIpc) is 2.99. The summed E-state index contributed by atoms with van der Waals surface area (Å²) >= 11 is 18.6. The van der Waals surface area contributed by atoms with Crippen LogP contribution in [0.4, 0.5) is 0 Å². The van der Waals surface area contributed by atoms with E-state index in [2.05, 4.69) is 0 Å². The van der Waals surface area contributed by atoms with E-state index in [1.54, 1.807) is 6.92 Å². The monoisotopic (exact) mass is 446 g/mol. The van der Waals surface area contributed by atoms with Gasteiger partial charge in [0.1, 0.15) is 22.4 Å². The number of aromatic hydroxyl groups is 3. The molecule has 0 spiro atoms. The van der Waals surface area contributed by atoms with E-state index >= 15 is 0 Å². The molecule has 1 aliphatic rings. The molecule has 0 unspecified atom stereocenters. The fourth-order valence-corrected chi connectivity index (χ4v) is 3.99. The van der Waals surface area contributed by atoms with Crippen LogP contribution in [0.1, 0.15) is 54.3 Å². The summed E-state index contributed by atoms with van der Waals surface area (Å²) < 4.78 is 11.1. The summed E-state index contributed by atoms with van der Waals surface area (Å²) in [6.45, 7) is 3.67. The maximum Gasteiger partial charge on any atom is 0.343 e. The number of carbonyl (C=O) groups excluding carboxylic acids is 1. The van der Waals surface area contributed by atoms with E-state index in [0.717, 1.165) is 6.07 Å². The highest BCUT2D eigenvalue weighted by molar-refractivity contribution is 6.39. The molecule has 0 aliphatic carbocycles. The molecule has 2 aromatic carbocycles. The lowest BCUT2D eigenvalue weighted by molar-refractivity contribution is 0.0377. The largest absolute Gasteiger partial charge is 0.506 e. The molecule has 3 rings (SSSR count). The number of phenolic OH excluding ortho intramolecular Hbond substituents is 3. The molecule has 0 fully saturated rings. The minimum atomic E-state index is -0.706. The number of rotatable bonds is 5. The zero-order chi connectivity index (χ0) is 20.7. The van der Waals surface area contributed by atoms with Crippen LogP contribution in [0.15, 0.2) is 6.07 Å². The number of ether oxygens (including phenoxy) is 2. The van der Waals surface area contributed by atoms with E-state index in [0.29, 0.717) is 24.8 Å². The second kappa shape index (κ2) is 7.78. The molecule has 0 saturated heterocycles. The van der Waals surface area contributed by atoms with Crippen molar-refractivity contribution in [3.8, 4) is 28.7 Å². The third-order valence-electron chi connectivity index (χ3n) is 4.47. The van der Waals surface area contributed by atoms with E-state index in [1.165, 1.54) is 0 Å². The van der Waals surface area contributed by atoms with Crippen molar-refractivity contribution in [3.05, 3.63) is 37.8 Å². The lowest BCUT2D eigenvalue weighted by Gasteiger charge is -2.18. The van der Waals surface area contributed by atoms with Gasteiger partial charge in [0.15, 0.2) is 23.0 Å². The molecule has 0 saturated carbocycles. The van der Waals surface area contributed by atoms with Crippen LogP contribution in [0.25, 0.3) is 0 Å². The van der Waals surface area contributed by atoms with Gasteiger partial charge in [0.2, 0.25) is 0 Å². The Hall–Kier alpha value is -2.02. The Morgan fingerprint density at radius 2 is 1.71 bits per heavy atom. The fraction of sp³-hybridized carbons (Fsp3) is 0.316. The van der Waals surface area contributed by atoms with Crippen molar-refractivity contribution in [2.45, 2.75) is 39.2 Å². The minimum Gasteiger partial charge on any atom is -0.506 e. The van der Waals surface area contributed by atoms with Crippen LogP contribution in [0, 0.1) is 0 Å². The Bertz CT molecular complexity index is 973. The van der Waals surface area contributed by atoms with Crippen LogP contribution < -0.4 is 4.74 Å². The van der Waals surface area contributed by atoms with Gasteiger partial charge in [-0.2, -0.15) is 0 Å². The van der Waals surface area contributed by atoms with Crippen LogP contribution in [0.3, 0.4) is 0 Å². The SMILES string of the molecule is CCCc1c(Cl)c(O)cc(O)c1Oc1c(Cl)c(O)c(Cl)c2c1C(=O)O[C@@H]2CC. The summed E-state index contributed by atoms with van der Waals surface area (Å²) in [4.78, 5) is 12.4. The van der Waals surface area contributed by atoms with E-state index in [-0.39, 0.29) is 43.4 Å². The van der Waals surface area contributed by atoms with Crippen molar-refractivity contribution < 1.29 is 29.6 Å². The maximum absolute atomic E-state index is 12.4. The third kappa shape index (κ3) is 3.19. The summed E-state index contributed by atoms with van der Waals surface area (Å²) in [7, 11) is 0. The molecule has 0 amide bonds. The molecule has 0 bridgehead atoms. The molecule has 3 N–H and O–H groups in total. The lowest BCUT2D eigenvalue weighted by atomic mass is 10.0. The predicted octanol–water partition coefficient (Wildman–Crippen LogP) is 6.13. The predicted molar refractivity (Wildman–Crippen MR) is 105 cm³/mol. The smallest absolute Gasteiger partial charge is 0.343 e. The summed E-state index contributed by atoms with van der Waals surface area (Å²) in [5.74, 6) is -2.16. The maximum atomic E-state index is 12.4. The highest BCUT2D eigenvalue weighted by atomic mass is 35.5. The molecule has 1 aliphatic heterocycles. The van der Waals surface area contributed by atoms with Crippen molar-refractivity contribution in [3.63, 3.8) is 0 Å². The van der Waals surface area contributed by atoms with Gasteiger partial charge in [0.05, 0.1) is 10.0 Å². The van der Waals surface area contributed by atoms with Gasteiger partial charge in [-0.3, -0.25) is 0 Å². The van der Waals surface area contributed by atoms with Crippen molar-refractivity contribution in [2.75, 3.05) is 0 Å². The molecular formula is C19H17Cl3O6. The molecule has 0 radical (unpaired) electrons. The highest BCUT2D eigenvalue weighted by Crippen LogP contribution is 2.54. The fourth-order valence-electron chi connectivity index (χ4n) is 3.17. The van der Waals surface area contributed by atoms with Gasteiger partial charge in [-0.15, -0.1) is 0 Å². The van der Waals surface area contributed by atoms with Crippen molar-refractivity contribution in [1.82, 2.24) is 0 Å². The average molecular weight is 448 g/mol. The molecule has 2 aromatic rings. The quantitative estimate of drug-likeness (QED) is 0.477. The Labute approximate surface area is 176 Å². The van der Waals surface area contributed by atoms with Gasteiger partial charge >= 0.3 is 5.97 Å². The Morgan fingerprint density at radius 3 is 2.32 bits per heavy atom. The van der Waals surface area contributed by atoms with Gasteiger partial charge < -0.3 is 24.8 Å². The third-order valence-corrected chi connectivity index (χ3v) is 5.62. The number of carbonyl (C=O) groups is 1. The first-order valence-corrected chi connectivity index (χ1v) is 9.72. The number of hydrogen-bond acceptors (Lipinski definition) is 6. The van der Waals surface area contributed by atoms with Crippen molar-refractivity contribution in [2.24, 2.45) is 0 Å². The Kier molecular flexibility index (Phi) is 5.75. The van der Waals surface area contributed by atoms with E-state index < -0.39 is 23.6 Å². The molecular weight excluding hydrogens is 431 g/mol. The number of halogens is 3. The molecule has 6 nitrogen and oxygen atoms in total. The Morgan fingerprint density at radius 1 is 1.04 bits per heavy atom. The number of phenols is 3. The summed E-state index contributed by atoms with van der Waals surface area (Å²) in [6, 6.07) is 1.02. The highest BCUT2D eigenvalue weighted by Gasteiger charge is 2.39.